The third kappa shape index (κ3) is 3.81. The number of aliphatic hydroxyl groups excluding tert-OH is 1. The van der Waals surface area contributed by atoms with Crippen molar-refractivity contribution in [1.82, 2.24) is 9.21 Å². The van der Waals surface area contributed by atoms with Gasteiger partial charge in [0.15, 0.2) is 17.6 Å². The Bertz CT molecular complexity index is 1210. The number of amides is 1. The molecule has 0 fully saturated rings. The number of nitrogens with zero attached hydrogens (tertiary/aromatic N) is 2. The fourth-order valence-electron chi connectivity index (χ4n) is 4.20. The molecule has 3 aliphatic heterocycles. The molecule has 1 amide bonds. The molecule has 2 aromatic rings. The highest BCUT2D eigenvalue weighted by Gasteiger charge is 2.39. The number of aliphatic hydroxyl groups is 1. The van der Waals surface area contributed by atoms with Gasteiger partial charge in [-0.15, -0.1) is 0 Å². The Morgan fingerprint density at radius 1 is 0.969 bits per heavy atom. The second-order valence-electron chi connectivity index (χ2n) is 7.94. The quantitative estimate of drug-likeness (QED) is 0.620. The van der Waals surface area contributed by atoms with Gasteiger partial charge in [0.05, 0.1) is 4.90 Å². The zero-order chi connectivity index (χ0) is 22.5. The van der Waals surface area contributed by atoms with Crippen LogP contribution in [0.1, 0.15) is 11.7 Å². The molecule has 0 radical (unpaired) electrons. The van der Waals surface area contributed by atoms with E-state index < -0.39 is 22.0 Å². The molecule has 5 rings (SSSR count). The second kappa shape index (κ2) is 8.18. The molecule has 0 bridgehead atoms. The van der Waals surface area contributed by atoms with Crippen LogP contribution in [0.25, 0.3) is 0 Å². The van der Waals surface area contributed by atoms with Gasteiger partial charge in [-0.2, -0.15) is 4.31 Å². The molecule has 2 aromatic carbocycles. The fraction of sp³-hybridized carbons (Fsp3) is 0.318. The largest absolute Gasteiger partial charge is 0.486 e. The Balaban J connectivity index is 1.26. The van der Waals surface area contributed by atoms with E-state index in [1.807, 2.05) is 6.07 Å². The molecule has 3 aliphatic rings. The highest BCUT2D eigenvalue weighted by molar-refractivity contribution is 9.10. The normalized spacial score (nSPS) is 19.2. The standard InChI is InChI=1S/C22H21BrN2O6S/c23-17-3-1-2-14(8-17)21(26)22(27)24-10-15-12-25(13-16(15)11-24)32(28,29)18-4-5-19-20(9-18)31-7-6-30-19/h1-5,8-9,21,26H,6-7,10-13H2. The van der Waals surface area contributed by atoms with Gasteiger partial charge in [-0.25, -0.2) is 8.42 Å². The number of halogens is 1. The maximum Gasteiger partial charge on any atom is 0.256 e. The van der Waals surface area contributed by atoms with Crippen molar-refractivity contribution in [3.63, 3.8) is 0 Å². The Morgan fingerprint density at radius 2 is 1.66 bits per heavy atom. The van der Waals surface area contributed by atoms with Crippen molar-refractivity contribution in [2.45, 2.75) is 11.0 Å². The number of hydrogen-bond acceptors (Lipinski definition) is 6. The van der Waals surface area contributed by atoms with Crippen molar-refractivity contribution >= 4 is 31.9 Å². The Kier molecular flexibility index (Phi) is 5.48. The smallest absolute Gasteiger partial charge is 0.256 e. The van der Waals surface area contributed by atoms with Gasteiger partial charge in [0.2, 0.25) is 10.0 Å². The van der Waals surface area contributed by atoms with Gasteiger partial charge < -0.3 is 19.5 Å². The minimum atomic E-state index is -3.72. The van der Waals surface area contributed by atoms with Crippen LogP contribution in [-0.2, 0) is 14.8 Å². The first-order valence-corrected chi connectivity index (χ1v) is 12.4. The average molecular weight is 521 g/mol. The Morgan fingerprint density at radius 3 is 2.34 bits per heavy atom. The summed E-state index contributed by atoms with van der Waals surface area (Å²) in [5, 5.41) is 10.5. The van der Waals surface area contributed by atoms with E-state index in [4.69, 9.17) is 9.47 Å². The predicted octanol–water partition coefficient (Wildman–Crippen LogP) is 2.10. The lowest BCUT2D eigenvalue weighted by molar-refractivity contribution is -0.139. The highest BCUT2D eigenvalue weighted by atomic mass is 79.9. The lowest BCUT2D eigenvalue weighted by Gasteiger charge is -2.25. The minimum absolute atomic E-state index is 0.154. The van der Waals surface area contributed by atoms with Crippen LogP contribution in [0.4, 0.5) is 0 Å². The summed E-state index contributed by atoms with van der Waals surface area (Å²) >= 11 is 3.35. The highest BCUT2D eigenvalue weighted by Crippen LogP contribution is 2.36. The summed E-state index contributed by atoms with van der Waals surface area (Å²) in [5.41, 5.74) is 2.32. The first-order valence-electron chi connectivity index (χ1n) is 10.1. The van der Waals surface area contributed by atoms with Gasteiger partial charge in [-0.1, -0.05) is 28.1 Å². The summed E-state index contributed by atoms with van der Waals surface area (Å²) in [6.07, 6.45) is -1.26. The first-order chi connectivity index (χ1) is 15.3. The van der Waals surface area contributed by atoms with E-state index in [1.54, 1.807) is 29.2 Å². The van der Waals surface area contributed by atoms with E-state index in [-0.39, 0.29) is 18.0 Å². The van der Waals surface area contributed by atoms with Crippen molar-refractivity contribution in [3.05, 3.63) is 63.6 Å². The van der Waals surface area contributed by atoms with Gasteiger partial charge >= 0.3 is 0 Å². The third-order valence-electron chi connectivity index (χ3n) is 5.86. The van der Waals surface area contributed by atoms with Gasteiger partial charge in [0, 0.05) is 36.7 Å². The van der Waals surface area contributed by atoms with Crippen LogP contribution < -0.4 is 9.47 Å². The number of ether oxygens (including phenoxy) is 2. The number of benzene rings is 2. The molecule has 1 atom stereocenters. The number of carbonyl (C=O) groups is 1. The van der Waals surface area contributed by atoms with E-state index >= 15 is 0 Å². The minimum Gasteiger partial charge on any atom is -0.486 e. The van der Waals surface area contributed by atoms with E-state index in [2.05, 4.69) is 15.9 Å². The topological polar surface area (TPSA) is 96.4 Å². The molecule has 32 heavy (non-hydrogen) atoms. The molecule has 0 spiro atoms. The zero-order valence-electron chi connectivity index (χ0n) is 17.0. The summed E-state index contributed by atoms with van der Waals surface area (Å²) in [4.78, 5) is 14.5. The van der Waals surface area contributed by atoms with E-state index in [0.29, 0.717) is 43.4 Å². The Hall–Kier alpha value is -2.40. The van der Waals surface area contributed by atoms with Gasteiger partial charge in [0.25, 0.3) is 5.91 Å². The first kappa shape index (κ1) is 21.4. The molecule has 168 valence electrons. The molecule has 0 saturated carbocycles. The number of hydrogen-bond donors (Lipinski definition) is 1. The van der Waals surface area contributed by atoms with Crippen molar-refractivity contribution in [2.24, 2.45) is 0 Å². The van der Waals surface area contributed by atoms with Gasteiger partial charge in [0.1, 0.15) is 13.2 Å². The molecule has 1 unspecified atom stereocenters. The second-order valence-corrected chi connectivity index (χ2v) is 10.8. The lowest BCUT2D eigenvalue weighted by Crippen LogP contribution is -2.38. The number of carbonyl (C=O) groups excluding carboxylic acids is 1. The van der Waals surface area contributed by atoms with Crippen molar-refractivity contribution in [2.75, 3.05) is 39.4 Å². The monoisotopic (exact) mass is 520 g/mol. The van der Waals surface area contributed by atoms with E-state index in [9.17, 15) is 18.3 Å². The van der Waals surface area contributed by atoms with Gasteiger partial charge in [-0.05, 0) is 41.0 Å². The zero-order valence-corrected chi connectivity index (χ0v) is 19.4. The van der Waals surface area contributed by atoms with Crippen molar-refractivity contribution in [3.8, 4) is 11.5 Å². The molecule has 10 heteroatoms. The number of rotatable bonds is 4. The summed E-state index contributed by atoms with van der Waals surface area (Å²) in [6, 6.07) is 11.6. The maximum atomic E-state index is 13.2. The molecule has 3 heterocycles. The molecule has 1 N–H and O–H groups in total. The Labute approximate surface area is 194 Å². The predicted molar refractivity (Wildman–Crippen MR) is 119 cm³/mol. The average Bonchev–Trinajstić information content (AvgIpc) is 3.38. The molecule has 0 aromatic heterocycles. The summed E-state index contributed by atoms with van der Waals surface area (Å²) in [6.45, 7) is 1.89. The van der Waals surface area contributed by atoms with Crippen molar-refractivity contribution < 1.29 is 27.8 Å². The molecule has 0 aliphatic carbocycles. The van der Waals surface area contributed by atoms with Crippen LogP contribution in [0, 0.1) is 0 Å². The van der Waals surface area contributed by atoms with Crippen LogP contribution in [0.5, 0.6) is 11.5 Å². The molecular weight excluding hydrogens is 500 g/mol. The van der Waals surface area contributed by atoms with Crippen LogP contribution in [0.2, 0.25) is 0 Å². The van der Waals surface area contributed by atoms with E-state index in [1.165, 1.54) is 16.4 Å². The summed E-state index contributed by atoms with van der Waals surface area (Å²) < 4.78 is 39.5. The number of fused-ring (bicyclic) bond motifs is 1. The number of sulfonamides is 1. The van der Waals surface area contributed by atoms with Crippen LogP contribution in [0.3, 0.4) is 0 Å². The maximum absolute atomic E-state index is 13.2. The summed E-state index contributed by atoms with van der Waals surface area (Å²) in [5.74, 6) is 0.574. The van der Waals surface area contributed by atoms with Crippen molar-refractivity contribution in [1.29, 1.82) is 0 Å². The van der Waals surface area contributed by atoms with Crippen LogP contribution in [0.15, 0.2) is 63.0 Å². The fourth-order valence-corrected chi connectivity index (χ4v) is 6.06. The molecular formula is C22H21BrN2O6S. The molecule has 8 nitrogen and oxygen atoms in total. The van der Waals surface area contributed by atoms with Gasteiger partial charge in [-0.3, -0.25) is 4.79 Å². The summed E-state index contributed by atoms with van der Waals surface area (Å²) in [7, 11) is -3.72. The SMILES string of the molecule is O=C(C(O)c1cccc(Br)c1)N1CC2=C(C1)CN(S(=O)(=O)c1ccc3c(c1)OCCO3)C2. The lowest BCUT2D eigenvalue weighted by atomic mass is 10.1. The molecule has 0 saturated heterocycles. The van der Waals surface area contributed by atoms with E-state index in [0.717, 1.165) is 15.6 Å². The third-order valence-corrected chi connectivity index (χ3v) is 8.14. The van der Waals surface area contributed by atoms with Crippen LogP contribution >= 0.6 is 15.9 Å². The van der Waals surface area contributed by atoms with Crippen LogP contribution in [-0.4, -0.2) is 68.0 Å².